The summed E-state index contributed by atoms with van der Waals surface area (Å²) in [6, 6.07) is 7.72. The first-order valence-electron chi connectivity index (χ1n) is 7.94. The lowest BCUT2D eigenvalue weighted by Gasteiger charge is -2.20. The van der Waals surface area contributed by atoms with E-state index in [2.05, 4.69) is 10.4 Å². The summed E-state index contributed by atoms with van der Waals surface area (Å²) in [6.07, 6.45) is 0. The second kappa shape index (κ2) is 7.48. The highest BCUT2D eigenvalue weighted by Gasteiger charge is 2.17. The molecule has 7 nitrogen and oxygen atoms in total. The van der Waals surface area contributed by atoms with Crippen LogP contribution in [-0.4, -0.2) is 34.5 Å². The molecule has 25 heavy (non-hydrogen) atoms. The quantitative estimate of drug-likeness (QED) is 0.810. The number of aromatic hydroxyl groups is 1. The number of rotatable bonds is 5. The summed E-state index contributed by atoms with van der Waals surface area (Å²) >= 11 is 0. The number of amides is 1. The number of phenolic OH excluding ortho intramolecular Hbond substituents is 1. The Balaban J connectivity index is 2.27. The van der Waals surface area contributed by atoms with Gasteiger partial charge in [0, 0.05) is 13.2 Å². The Hall–Kier alpha value is -2.67. The molecule has 1 amide bonds. The minimum atomic E-state index is -0.507. The van der Waals surface area contributed by atoms with E-state index in [1.165, 1.54) is 23.9 Å². The Labute approximate surface area is 146 Å². The van der Waals surface area contributed by atoms with Crippen LogP contribution in [0.3, 0.4) is 0 Å². The second-order valence-electron chi connectivity index (χ2n) is 6.71. The Morgan fingerprint density at radius 2 is 2.00 bits per heavy atom. The molecule has 2 N–H and O–H groups in total. The molecule has 0 spiro atoms. The Kier molecular flexibility index (Phi) is 5.58. The van der Waals surface area contributed by atoms with Gasteiger partial charge in [0.15, 0.2) is 0 Å². The van der Waals surface area contributed by atoms with E-state index < -0.39 is 5.91 Å². The molecule has 1 aromatic carbocycles. The molecule has 0 aliphatic carbocycles. The Morgan fingerprint density at radius 3 is 2.64 bits per heavy atom. The maximum absolute atomic E-state index is 12.4. The third-order valence-corrected chi connectivity index (χ3v) is 3.72. The van der Waals surface area contributed by atoms with Crippen molar-refractivity contribution in [3.05, 3.63) is 51.9 Å². The van der Waals surface area contributed by atoms with Gasteiger partial charge in [-0.3, -0.25) is 9.59 Å². The summed E-state index contributed by atoms with van der Waals surface area (Å²) < 4.78 is 6.09. The molecule has 0 atom stereocenters. The lowest BCUT2D eigenvalue weighted by molar-refractivity contribution is 0.101. The second-order valence-corrected chi connectivity index (χ2v) is 6.71. The molecule has 0 unspecified atom stereocenters. The van der Waals surface area contributed by atoms with Gasteiger partial charge in [-0.2, -0.15) is 5.10 Å². The van der Waals surface area contributed by atoms with Crippen molar-refractivity contribution >= 4 is 11.6 Å². The first-order chi connectivity index (χ1) is 11.7. The van der Waals surface area contributed by atoms with Crippen molar-refractivity contribution in [2.75, 3.05) is 19.0 Å². The number of carbonyl (C=O) groups is 1. The highest BCUT2D eigenvalue weighted by atomic mass is 16.5. The maximum atomic E-state index is 12.4. The lowest BCUT2D eigenvalue weighted by Crippen LogP contribution is -2.27. The number of methoxy groups -OCH3 is 1. The molecule has 0 aliphatic rings. The highest BCUT2D eigenvalue weighted by molar-refractivity contribution is 6.03. The molecule has 1 heterocycles. The molecular weight excluding hydrogens is 322 g/mol. The van der Waals surface area contributed by atoms with Gasteiger partial charge in [-0.15, -0.1) is 0 Å². The van der Waals surface area contributed by atoms with Crippen LogP contribution in [0, 0.1) is 0 Å². The van der Waals surface area contributed by atoms with Crippen molar-refractivity contribution in [1.82, 2.24) is 9.78 Å². The monoisotopic (exact) mass is 345 g/mol. The molecule has 2 rings (SSSR count). The van der Waals surface area contributed by atoms with E-state index in [-0.39, 0.29) is 29.0 Å². The molecule has 134 valence electrons. The summed E-state index contributed by atoms with van der Waals surface area (Å²) in [6.45, 7) is 6.68. The molecule has 0 aliphatic heterocycles. The number of nitrogens with zero attached hydrogens (tertiary/aromatic N) is 2. The third kappa shape index (κ3) is 4.67. The summed E-state index contributed by atoms with van der Waals surface area (Å²) in [5, 5.41) is 16.7. The van der Waals surface area contributed by atoms with Crippen molar-refractivity contribution in [2.24, 2.45) is 0 Å². The normalized spacial score (nSPS) is 11.4. The minimum Gasteiger partial charge on any atom is -0.506 e. The Morgan fingerprint density at radius 1 is 1.28 bits per heavy atom. The molecule has 1 aromatic heterocycles. The SMILES string of the molecule is COCCn1nc(C(=O)Nc2cc(C(C)(C)C)ccc2O)ccc1=O. The van der Waals surface area contributed by atoms with Gasteiger partial charge in [-0.1, -0.05) is 26.8 Å². The first-order valence-corrected chi connectivity index (χ1v) is 7.94. The molecule has 0 bridgehead atoms. The van der Waals surface area contributed by atoms with Crippen LogP contribution in [0.1, 0.15) is 36.8 Å². The average Bonchev–Trinajstić information content (AvgIpc) is 2.55. The van der Waals surface area contributed by atoms with Crippen LogP contribution in [0.5, 0.6) is 5.75 Å². The zero-order valence-corrected chi connectivity index (χ0v) is 14.9. The maximum Gasteiger partial charge on any atom is 0.276 e. The van der Waals surface area contributed by atoms with Crippen LogP contribution in [-0.2, 0) is 16.7 Å². The van der Waals surface area contributed by atoms with E-state index in [1.54, 1.807) is 12.1 Å². The topological polar surface area (TPSA) is 93.5 Å². The van der Waals surface area contributed by atoms with E-state index in [0.717, 1.165) is 5.56 Å². The number of nitrogens with one attached hydrogen (secondary N) is 1. The van der Waals surface area contributed by atoms with Gasteiger partial charge >= 0.3 is 0 Å². The van der Waals surface area contributed by atoms with Crippen molar-refractivity contribution in [1.29, 1.82) is 0 Å². The fraction of sp³-hybridized carbons (Fsp3) is 0.389. The van der Waals surface area contributed by atoms with Crippen molar-refractivity contribution in [3.8, 4) is 5.75 Å². The van der Waals surface area contributed by atoms with Crippen molar-refractivity contribution in [2.45, 2.75) is 32.7 Å². The van der Waals surface area contributed by atoms with Crippen LogP contribution in [0.15, 0.2) is 35.1 Å². The molecule has 0 saturated heterocycles. The van der Waals surface area contributed by atoms with Gasteiger partial charge < -0.3 is 15.2 Å². The highest BCUT2D eigenvalue weighted by Crippen LogP contribution is 2.30. The number of ether oxygens (including phenoxy) is 1. The number of benzene rings is 1. The summed E-state index contributed by atoms with van der Waals surface area (Å²) in [5.74, 6) is -0.540. The fourth-order valence-electron chi connectivity index (χ4n) is 2.20. The average molecular weight is 345 g/mol. The summed E-state index contributed by atoms with van der Waals surface area (Å²) in [5.41, 5.74) is 0.911. The van der Waals surface area contributed by atoms with Gasteiger partial charge in [-0.25, -0.2) is 4.68 Å². The van der Waals surface area contributed by atoms with E-state index in [9.17, 15) is 14.7 Å². The van der Waals surface area contributed by atoms with Crippen LogP contribution in [0.4, 0.5) is 5.69 Å². The predicted octanol–water partition coefficient (Wildman–Crippen LogP) is 2.15. The van der Waals surface area contributed by atoms with E-state index in [0.29, 0.717) is 12.3 Å². The fourth-order valence-corrected chi connectivity index (χ4v) is 2.20. The summed E-state index contributed by atoms with van der Waals surface area (Å²) in [7, 11) is 1.52. The van der Waals surface area contributed by atoms with E-state index >= 15 is 0 Å². The van der Waals surface area contributed by atoms with E-state index in [1.807, 2.05) is 26.8 Å². The smallest absolute Gasteiger partial charge is 0.276 e. The largest absolute Gasteiger partial charge is 0.506 e. The number of anilines is 1. The minimum absolute atomic E-state index is 0.0333. The number of hydrogen-bond acceptors (Lipinski definition) is 5. The van der Waals surface area contributed by atoms with Crippen LogP contribution < -0.4 is 10.9 Å². The van der Waals surface area contributed by atoms with Gasteiger partial charge in [0.1, 0.15) is 11.4 Å². The van der Waals surface area contributed by atoms with Crippen LogP contribution >= 0.6 is 0 Å². The molecule has 0 radical (unpaired) electrons. The van der Waals surface area contributed by atoms with Gasteiger partial charge in [0.2, 0.25) is 0 Å². The molecule has 7 heteroatoms. The molecule has 0 fully saturated rings. The first kappa shape index (κ1) is 18.7. The molecule has 0 saturated carbocycles. The van der Waals surface area contributed by atoms with E-state index in [4.69, 9.17) is 4.74 Å². The zero-order chi connectivity index (χ0) is 18.6. The third-order valence-electron chi connectivity index (χ3n) is 3.72. The van der Waals surface area contributed by atoms with Crippen molar-refractivity contribution < 1.29 is 14.6 Å². The van der Waals surface area contributed by atoms with Gasteiger partial charge in [0.05, 0.1) is 18.8 Å². The van der Waals surface area contributed by atoms with Gasteiger partial charge in [0.25, 0.3) is 11.5 Å². The lowest BCUT2D eigenvalue weighted by atomic mass is 9.87. The number of hydrogen-bond donors (Lipinski definition) is 2. The van der Waals surface area contributed by atoms with Crippen LogP contribution in [0.25, 0.3) is 0 Å². The standard InChI is InChI=1S/C18H23N3O4/c1-18(2,3)12-5-7-15(22)14(11-12)19-17(24)13-6-8-16(23)21(20-13)9-10-25-4/h5-8,11,22H,9-10H2,1-4H3,(H,19,24). The molecule has 2 aromatic rings. The zero-order valence-electron chi connectivity index (χ0n) is 14.9. The summed E-state index contributed by atoms with van der Waals surface area (Å²) in [4.78, 5) is 24.2. The van der Waals surface area contributed by atoms with Crippen LogP contribution in [0.2, 0.25) is 0 Å². The number of aromatic nitrogens is 2. The predicted molar refractivity (Wildman–Crippen MR) is 95.1 cm³/mol. The van der Waals surface area contributed by atoms with Crippen molar-refractivity contribution in [3.63, 3.8) is 0 Å². The number of carbonyl (C=O) groups excluding carboxylic acids is 1. The Bertz CT molecular complexity index is 822. The van der Waals surface area contributed by atoms with Gasteiger partial charge in [-0.05, 0) is 29.2 Å². The molecular formula is C18H23N3O4. The number of phenols is 1.